The summed E-state index contributed by atoms with van der Waals surface area (Å²) in [5.74, 6) is 0.865. The molecule has 1 N–H and O–H groups in total. The van der Waals surface area contributed by atoms with Gasteiger partial charge in [0.1, 0.15) is 11.6 Å². The van der Waals surface area contributed by atoms with Crippen molar-refractivity contribution in [3.63, 3.8) is 0 Å². The molecule has 0 aliphatic rings. The van der Waals surface area contributed by atoms with Gasteiger partial charge in [0, 0.05) is 6.42 Å². The summed E-state index contributed by atoms with van der Waals surface area (Å²) in [6, 6.07) is 5.08. The highest BCUT2D eigenvalue weighted by atomic mass is 79.9. The quantitative estimate of drug-likeness (QED) is 0.939. The zero-order valence-corrected chi connectivity index (χ0v) is 10.4. The lowest BCUT2D eigenvalue weighted by molar-refractivity contribution is 0.623. The first-order chi connectivity index (χ1) is 7.72. The third kappa shape index (κ3) is 2.14. The number of rotatable bonds is 3. The van der Waals surface area contributed by atoms with Crippen molar-refractivity contribution in [3.8, 4) is 11.4 Å². The highest BCUT2D eigenvalue weighted by Gasteiger charge is 2.12. The van der Waals surface area contributed by atoms with E-state index in [0.29, 0.717) is 15.9 Å². The van der Waals surface area contributed by atoms with Crippen LogP contribution < -0.4 is 0 Å². The summed E-state index contributed by atoms with van der Waals surface area (Å²) in [6.45, 7) is 2.06. The first-order valence-corrected chi connectivity index (χ1v) is 5.87. The minimum atomic E-state index is -0.329. The molecule has 1 heterocycles. The number of aromatic nitrogens is 3. The molecule has 1 aromatic carbocycles. The van der Waals surface area contributed by atoms with Crippen LogP contribution in [0.5, 0.6) is 0 Å². The van der Waals surface area contributed by atoms with E-state index >= 15 is 0 Å². The summed E-state index contributed by atoms with van der Waals surface area (Å²) in [5, 5.41) is 6.82. The molecule has 2 rings (SSSR count). The van der Waals surface area contributed by atoms with Crippen molar-refractivity contribution >= 4 is 15.9 Å². The molecule has 0 aliphatic heterocycles. The Labute approximate surface area is 101 Å². The third-order valence-electron chi connectivity index (χ3n) is 2.21. The van der Waals surface area contributed by atoms with Gasteiger partial charge in [0.05, 0.1) is 10.0 Å². The van der Waals surface area contributed by atoms with Crippen LogP contribution in [0.4, 0.5) is 4.39 Å². The summed E-state index contributed by atoms with van der Waals surface area (Å²) in [7, 11) is 0. The van der Waals surface area contributed by atoms with Gasteiger partial charge in [-0.05, 0) is 34.5 Å². The maximum absolute atomic E-state index is 13.7. The van der Waals surface area contributed by atoms with Crippen LogP contribution in [0, 0.1) is 5.82 Å². The molecule has 0 spiro atoms. The SMILES string of the molecule is CCCc1nc(-c2cccc(Br)c2F)n[nH]1. The van der Waals surface area contributed by atoms with Crippen molar-refractivity contribution in [3.05, 3.63) is 34.3 Å². The Morgan fingerprint density at radius 2 is 2.25 bits per heavy atom. The number of hydrogen-bond acceptors (Lipinski definition) is 2. The van der Waals surface area contributed by atoms with Gasteiger partial charge in [0.15, 0.2) is 5.82 Å². The fourth-order valence-corrected chi connectivity index (χ4v) is 1.81. The van der Waals surface area contributed by atoms with Crippen LogP contribution in [-0.2, 0) is 6.42 Å². The summed E-state index contributed by atoms with van der Waals surface area (Å²) in [5.41, 5.74) is 0.410. The molecule has 0 unspecified atom stereocenters. The van der Waals surface area contributed by atoms with Gasteiger partial charge in [-0.3, -0.25) is 5.10 Å². The third-order valence-corrected chi connectivity index (χ3v) is 2.82. The van der Waals surface area contributed by atoms with Crippen molar-refractivity contribution in [2.75, 3.05) is 0 Å². The van der Waals surface area contributed by atoms with Gasteiger partial charge in [-0.2, -0.15) is 5.10 Å². The van der Waals surface area contributed by atoms with Crippen molar-refractivity contribution in [1.29, 1.82) is 0 Å². The monoisotopic (exact) mass is 283 g/mol. The molecule has 84 valence electrons. The van der Waals surface area contributed by atoms with E-state index in [4.69, 9.17) is 0 Å². The van der Waals surface area contributed by atoms with Gasteiger partial charge in [-0.1, -0.05) is 13.0 Å². The molecular weight excluding hydrogens is 273 g/mol. The average molecular weight is 284 g/mol. The molecule has 0 atom stereocenters. The molecule has 0 saturated carbocycles. The minimum absolute atomic E-state index is 0.329. The maximum atomic E-state index is 13.7. The Hall–Kier alpha value is -1.23. The van der Waals surface area contributed by atoms with Crippen LogP contribution in [0.1, 0.15) is 19.2 Å². The van der Waals surface area contributed by atoms with Gasteiger partial charge >= 0.3 is 0 Å². The van der Waals surface area contributed by atoms with Crippen molar-refractivity contribution in [1.82, 2.24) is 15.2 Å². The van der Waals surface area contributed by atoms with Gasteiger partial charge in [0.2, 0.25) is 0 Å². The van der Waals surface area contributed by atoms with E-state index in [-0.39, 0.29) is 5.82 Å². The van der Waals surface area contributed by atoms with Crippen LogP contribution in [0.15, 0.2) is 22.7 Å². The molecule has 5 heteroatoms. The molecule has 0 amide bonds. The van der Waals surface area contributed by atoms with E-state index in [1.807, 2.05) is 0 Å². The van der Waals surface area contributed by atoms with E-state index in [1.165, 1.54) is 0 Å². The second kappa shape index (κ2) is 4.74. The summed E-state index contributed by atoms with van der Waals surface area (Å²) in [6.07, 6.45) is 1.80. The van der Waals surface area contributed by atoms with E-state index in [0.717, 1.165) is 18.7 Å². The van der Waals surface area contributed by atoms with E-state index < -0.39 is 0 Å². The van der Waals surface area contributed by atoms with Gasteiger partial charge in [-0.25, -0.2) is 9.37 Å². The standard InChI is InChI=1S/C11H11BrFN3/c1-2-4-9-14-11(16-15-9)7-5-3-6-8(12)10(7)13/h3,5-6H,2,4H2,1H3,(H,14,15,16). The molecule has 0 saturated heterocycles. The number of nitrogens with zero attached hydrogens (tertiary/aromatic N) is 2. The Balaban J connectivity index is 2.39. The van der Waals surface area contributed by atoms with Crippen molar-refractivity contribution in [2.45, 2.75) is 19.8 Å². The average Bonchev–Trinajstić information content (AvgIpc) is 2.71. The molecule has 0 aliphatic carbocycles. The molecule has 16 heavy (non-hydrogen) atoms. The van der Waals surface area contributed by atoms with Crippen LogP contribution in [-0.4, -0.2) is 15.2 Å². The molecule has 2 aromatic rings. The lowest BCUT2D eigenvalue weighted by Crippen LogP contribution is -1.88. The molecule has 1 aromatic heterocycles. The van der Waals surface area contributed by atoms with E-state index in [2.05, 4.69) is 38.0 Å². The highest BCUT2D eigenvalue weighted by molar-refractivity contribution is 9.10. The maximum Gasteiger partial charge on any atom is 0.184 e. The number of benzene rings is 1. The number of nitrogens with one attached hydrogen (secondary N) is 1. The zero-order valence-electron chi connectivity index (χ0n) is 8.80. The van der Waals surface area contributed by atoms with Gasteiger partial charge in [0.25, 0.3) is 0 Å². The van der Waals surface area contributed by atoms with Crippen LogP contribution in [0.3, 0.4) is 0 Å². The summed E-state index contributed by atoms with van der Waals surface area (Å²) < 4.78 is 14.2. The Morgan fingerprint density at radius 3 is 3.00 bits per heavy atom. The molecule has 3 nitrogen and oxygen atoms in total. The largest absolute Gasteiger partial charge is 0.263 e. The second-order valence-electron chi connectivity index (χ2n) is 3.46. The van der Waals surface area contributed by atoms with Gasteiger partial charge in [-0.15, -0.1) is 0 Å². The van der Waals surface area contributed by atoms with Crippen LogP contribution >= 0.6 is 15.9 Å². The fourth-order valence-electron chi connectivity index (χ4n) is 1.44. The lowest BCUT2D eigenvalue weighted by Gasteiger charge is -1.99. The fraction of sp³-hybridized carbons (Fsp3) is 0.273. The first-order valence-electron chi connectivity index (χ1n) is 5.08. The number of aryl methyl sites for hydroxylation is 1. The number of halogens is 2. The topological polar surface area (TPSA) is 41.6 Å². The molecule has 0 bridgehead atoms. The van der Waals surface area contributed by atoms with E-state index in [9.17, 15) is 4.39 Å². The molecule has 0 fully saturated rings. The summed E-state index contributed by atoms with van der Waals surface area (Å²) >= 11 is 3.14. The zero-order chi connectivity index (χ0) is 11.5. The smallest absolute Gasteiger partial charge is 0.184 e. The highest BCUT2D eigenvalue weighted by Crippen LogP contribution is 2.25. The first kappa shape index (κ1) is 11.3. The number of hydrogen-bond donors (Lipinski definition) is 1. The lowest BCUT2D eigenvalue weighted by atomic mass is 10.2. The minimum Gasteiger partial charge on any atom is -0.263 e. The Morgan fingerprint density at radius 1 is 1.44 bits per heavy atom. The van der Waals surface area contributed by atoms with E-state index in [1.54, 1.807) is 18.2 Å². The number of H-pyrrole nitrogens is 1. The predicted octanol–water partition coefficient (Wildman–Crippen LogP) is 3.33. The Kier molecular flexibility index (Phi) is 3.33. The van der Waals surface area contributed by atoms with Crippen molar-refractivity contribution in [2.24, 2.45) is 0 Å². The van der Waals surface area contributed by atoms with Crippen LogP contribution in [0.25, 0.3) is 11.4 Å². The molecular formula is C11H11BrFN3. The molecule has 0 radical (unpaired) electrons. The second-order valence-corrected chi connectivity index (χ2v) is 4.31. The predicted molar refractivity (Wildman–Crippen MR) is 63.5 cm³/mol. The summed E-state index contributed by atoms with van der Waals surface area (Å²) in [4.78, 5) is 4.24. The van der Waals surface area contributed by atoms with Crippen molar-refractivity contribution < 1.29 is 4.39 Å². The Bertz CT molecular complexity index is 496. The number of aromatic amines is 1. The van der Waals surface area contributed by atoms with Crippen LogP contribution in [0.2, 0.25) is 0 Å². The normalized spacial score (nSPS) is 10.7. The van der Waals surface area contributed by atoms with Gasteiger partial charge < -0.3 is 0 Å².